The lowest BCUT2D eigenvalue weighted by atomic mass is 10.2. The maximum atomic E-state index is 5.98. The monoisotopic (exact) mass is 287 g/mol. The van der Waals surface area contributed by atoms with E-state index in [0.717, 1.165) is 11.1 Å². The van der Waals surface area contributed by atoms with E-state index < -0.39 is 0 Å². The first-order chi connectivity index (χ1) is 8.71. The van der Waals surface area contributed by atoms with Crippen molar-refractivity contribution < 1.29 is 4.74 Å². The van der Waals surface area contributed by atoms with Crippen LogP contribution in [0.5, 0.6) is 0 Å². The van der Waals surface area contributed by atoms with Crippen molar-refractivity contribution in [3.63, 3.8) is 0 Å². The van der Waals surface area contributed by atoms with Crippen LogP contribution in [0.4, 0.5) is 5.82 Å². The van der Waals surface area contributed by atoms with Gasteiger partial charge in [-0.3, -0.25) is 0 Å². The molecular formula is C12H18ClN3OS. The third kappa shape index (κ3) is 3.73. The number of nitrogens with one attached hydrogen (secondary N) is 1. The van der Waals surface area contributed by atoms with E-state index in [0.29, 0.717) is 23.6 Å². The van der Waals surface area contributed by atoms with Gasteiger partial charge < -0.3 is 10.1 Å². The minimum absolute atomic E-state index is 0.382. The molecule has 1 heterocycles. The van der Waals surface area contributed by atoms with E-state index in [4.69, 9.17) is 16.3 Å². The van der Waals surface area contributed by atoms with E-state index in [2.05, 4.69) is 21.5 Å². The lowest BCUT2D eigenvalue weighted by Crippen LogP contribution is -2.17. The molecule has 1 aliphatic rings. The first-order valence-corrected chi connectivity index (χ1v) is 7.69. The molecule has 1 fully saturated rings. The Kier molecular flexibility index (Phi) is 5.09. The molecule has 18 heavy (non-hydrogen) atoms. The maximum absolute atomic E-state index is 5.98. The van der Waals surface area contributed by atoms with E-state index in [1.807, 2.05) is 11.8 Å². The van der Waals surface area contributed by atoms with Gasteiger partial charge in [-0.05, 0) is 25.5 Å². The summed E-state index contributed by atoms with van der Waals surface area (Å²) in [6.45, 7) is 0.382. The molecule has 1 aromatic heterocycles. The van der Waals surface area contributed by atoms with Gasteiger partial charge in [-0.1, -0.05) is 11.6 Å². The number of hydrogen-bond donors (Lipinski definition) is 1. The van der Waals surface area contributed by atoms with Gasteiger partial charge in [-0.25, -0.2) is 9.97 Å². The highest BCUT2D eigenvalue weighted by molar-refractivity contribution is 7.99. The molecule has 4 nitrogen and oxygen atoms in total. The fourth-order valence-corrected chi connectivity index (χ4v) is 3.22. The molecule has 0 aliphatic heterocycles. The van der Waals surface area contributed by atoms with Crippen LogP contribution in [0.3, 0.4) is 0 Å². The summed E-state index contributed by atoms with van der Waals surface area (Å²) in [5, 5.41) is 4.66. The van der Waals surface area contributed by atoms with Crippen molar-refractivity contribution in [1.29, 1.82) is 0 Å². The molecule has 0 bridgehead atoms. The molecule has 2 rings (SSSR count). The summed E-state index contributed by atoms with van der Waals surface area (Å²) in [6.07, 6.45) is 5.81. The van der Waals surface area contributed by atoms with E-state index in [-0.39, 0.29) is 0 Å². The minimum Gasteiger partial charge on any atom is -0.377 e. The number of rotatable bonds is 5. The Morgan fingerprint density at radius 3 is 3.00 bits per heavy atom. The Labute approximate surface area is 117 Å². The average molecular weight is 288 g/mol. The standard InChI is InChI=1S/C12H18ClN3OS/c1-17-7-12-15-10(13)6-11(16-12)14-8-3-4-9(5-8)18-2/h6,8-9H,3-5,7H2,1-2H3,(H,14,15,16). The summed E-state index contributed by atoms with van der Waals surface area (Å²) < 4.78 is 5.03. The molecule has 100 valence electrons. The molecule has 1 aromatic rings. The van der Waals surface area contributed by atoms with Crippen LogP contribution in [-0.4, -0.2) is 34.6 Å². The van der Waals surface area contributed by atoms with Crippen LogP contribution in [0.1, 0.15) is 25.1 Å². The number of thioether (sulfide) groups is 1. The van der Waals surface area contributed by atoms with Gasteiger partial charge in [0.1, 0.15) is 17.6 Å². The molecule has 2 unspecified atom stereocenters. The van der Waals surface area contributed by atoms with Gasteiger partial charge in [0.15, 0.2) is 5.82 Å². The molecule has 0 aromatic carbocycles. The molecule has 1 aliphatic carbocycles. The molecule has 6 heteroatoms. The van der Waals surface area contributed by atoms with Crippen molar-refractivity contribution in [2.75, 3.05) is 18.7 Å². The SMILES string of the molecule is COCc1nc(Cl)cc(NC2CCC(SC)C2)n1. The van der Waals surface area contributed by atoms with Gasteiger partial charge >= 0.3 is 0 Å². The first-order valence-electron chi connectivity index (χ1n) is 6.03. The van der Waals surface area contributed by atoms with Gasteiger partial charge in [0, 0.05) is 24.5 Å². The number of methoxy groups -OCH3 is 1. The topological polar surface area (TPSA) is 47.0 Å². The molecule has 2 atom stereocenters. The van der Waals surface area contributed by atoms with Gasteiger partial charge in [0.2, 0.25) is 0 Å². The van der Waals surface area contributed by atoms with Gasteiger partial charge in [-0.2, -0.15) is 11.8 Å². The highest BCUT2D eigenvalue weighted by Crippen LogP contribution is 2.30. The average Bonchev–Trinajstić information content (AvgIpc) is 2.76. The van der Waals surface area contributed by atoms with Crippen LogP contribution in [0.15, 0.2) is 6.07 Å². The second kappa shape index (κ2) is 6.59. The Morgan fingerprint density at radius 1 is 1.50 bits per heavy atom. The van der Waals surface area contributed by atoms with Crippen LogP contribution in [-0.2, 0) is 11.3 Å². The summed E-state index contributed by atoms with van der Waals surface area (Å²) in [7, 11) is 1.62. The van der Waals surface area contributed by atoms with Gasteiger partial charge in [-0.15, -0.1) is 0 Å². The third-order valence-corrected chi connectivity index (χ3v) is 4.37. The molecule has 1 saturated carbocycles. The fraction of sp³-hybridized carbons (Fsp3) is 0.667. The summed E-state index contributed by atoms with van der Waals surface area (Å²) in [5.41, 5.74) is 0. The molecular weight excluding hydrogens is 270 g/mol. The zero-order chi connectivity index (χ0) is 13.0. The molecule has 0 radical (unpaired) electrons. The summed E-state index contributed by atoms with van der Waals surface area (Å²) >= 11 is 7.92. The number of halogens is 1. The summed E-state index contributed by atoms with van der Waals surface area (Å²) in [4.78, 5) is 8.51. The van der Waals surface area contributed by atoms with Crippen molar-refractivity contribution in [3.8, 4) is 0 Å². The summed E-state index contributed by atoms with van der Waals surface area (Å²) in [6, 6.07) is 2.26. The molecule has 0 amide bonds. The number of ether oxygens (including phenoxy) is 1. The second-order valence-corrected chi connectivity index (χ2v) is 5.96. The fourth-order valence-electron chi connectivity index (χ4n) is 2.23. The second-order valence-electron chi connectivity index (χ2n) is 4.44. The normalized spacial score (nSPS) is 23.3. The third-order valence-electron chi connectivity index (χ3n) is 3.08. The first kappa shape index (κ1) is 13.9. The van der Waals surface area contributed by atoms with E-state index >= 15 is 0 Å². The zero-order valence-corrected chi connectivity index (χ0v) is 12.2. The van der Waals surface area contributed by atoms with Crippen LogP contribution >= 0.6 is 23.4 Å². The quantitative estimate of drug-likeness (QED) is 0.844. The van der Waals surface area contributed by atoms with E-state index in [1.54, 1.807) is 13.2 Å². The van der Waals surface area contributed by atoms with Crippen LogP contribution in [0, 0.1) is 0 Å². The highest BCUT2D eigenvalue weighted by Gasteiger charge is 2.24. The number of anilines is 1. The number of hydrogen-bond acceptors (Lipinski definition) is 5. The smallest absolute Gasteiger partial charge is 0.158 e. The Balaban J connectivity index is 2.00. The van der Waals surface area contributed by atoms with Gasteiger partial charge in [0.05, 0.1) is 0 Å². The van der Waals surface area contributed by atoms with Crippen LogP contribution < -0.4 is 5.32 Å². The van der Waals surface area contributed by atoms with E-state index in [1.165, 1.54) is 19.3 Å². The molecule has 0 spiro atoms. The lowest BCUT2D eigenvalue weighted by Gasteiger charge is -2.14. The van der Waals surface area contributed by atoms with Crippen molar-refractivity contribution in [1.82, 2.24) is 9.97 Å². The number of nitrogens with zero attached hydrogens (tertiary/aromatic N) is 2. The largest absolute Gasteiger partial charge is 0.377 e. The lowest BCUT2D eigenvalue weighted by molar-refractivity contribution is 0.178. The van der Waals surface area contributed by atoms with Gasteiger partial charge in [0.25, 0.3) is 0 Å². The Hall–Kier alpha value is -0.520. The van der Waals surface area contributed by atoms with Crippen molar-refractivity contribution >= 4 is 29.2 Å². The molecule has 0 saturated heterocycles. The van der Waals surface area contributed by atoms with E-state index in [9.17, 15) is 0 Å². The minimum atomic E-state index is 0.382. The zero-order valence-electron chi connectivity index (χ0n) is 10.6. The number of aromatic nitrogens is 2. The van der Waals surface area contributed by atoms with Crippen molar-refractivity contribution in [3.05, 3.63) is 17.0 Å². The predicted octanol–water partition coefficient (Wildman–Crippen LogP) is 2.97. The molecule has 1 N–H and O–H groups in total. The van der Waals surface area contributed by atoms with Crippen LogP contribution in [0.2, 0.25) is 5.15 Å². The summed E-state index contributed by atoms with van der Waals surface area (Å²) in [5.74, 6) is 1.42. The Bertz CT molecular complexity index is 405. The highest BCUT2D eigenvalue weighted by atomic mass is 35.5. The van der Waals surface area contributed by atoms with Crippen molar-refractivity contribution in [2.24, 2.45) is 0 Å². The van der Waals surface area contributed by atoms with Crippen LogP contribution in [0.25, 0.3) is 0 Å². The van der Waals surface area contributed by atoms with Crippen molar-refractivity contribution in [2.45, 2.75) is 37.2 Å². The predicted molar refractivity (Wildman–Crippen MR) is 76.3 cm³/mol. The Morgan fingerprint density at radius 2 is 2.33 bits per heavy atom. The maximum Gasteiger partial charge on any atom is 0.158 e.